The van der Waals surface area contributed by atoms with Crippen LogP contribution in [-0.4, -0.2) is 26.6 Å². The molecule has 2 heterocycles. The third kappa shape index (κ3) is 2.92. The number of amides is 1. The molecule has 26 heavy (non-hydrogen) atoms. The number of halogens is 1. The number of fused-ring (bicyclic) bond motifs is 1. The maximum atomic E-state index is 13.1. The van der Waals surface area contributed by atoms with Gasteiger partial charge in [0, 0.05) is 12.2 Å². The van der Waals surface area contributed by atoms with E-state index in [1.54, 1.807) is 24.3 Å². The number of benzene rings is 1. The van der Waals surface area contributed by atoms with Gasteiger partial charge in [-0.05, 0) is 42.7 Å². The highest BCUT2D eigenvalue weighted by atomic mass is 19.1. The maximum Gasteiger partial charge on any atom is 0.268 e. The molecule has 7 heteroatoms. The lowest BCUT2D eigenvalue weighted by molar-refractivity contribution is 0.0946. The fraction of sp³-hybridized carbons (Fsp3) is 0.211. The Bertz CT molecular complexity index is 1060. The minimum Gasteiger partial charge on any atom is -0.505 e. The molecule has 4 rings (SSSR count). The summed E-state index contributed by atoms with van der Waals surface area (Å²) in [4.78, 5) is 29.6. The molecule has 1 saturated carbocycles. The third-order valence-electron chi connectivity index (χ3n) is 4.39. The summed E-state index contributed by atoms with van der Waals surface area (Å²) in [7, 11) is 0. The van der Waals surface area contributed by atoms with Crippen LogP contribution in [0.25, 0.3) is 11.0 Å². The molecule has 0 aliphatic heterocycles. The Morgan fingerprint density at radius 2 is 2.00 bits per heavy atom. The van der Waals surface area contributed by atoms with Crippen LogP contribution >= 0.6 is 0 Å². The number of hydrogen-bond donors (Lipinski definition) is 2. The van der Waals surface area contributed by atoms with Gasteiger partial charge < -0.3 is 15.0 Å². The minimum absolute atomic E-state index is 0.0475. The van der Waals surface area contributed by atoms with Crippen LogP contribution in [0, 0.1) is 5.82 Å². The Labute approximate surface area is 147 Å². The van der Waals surface area contributed by atoms with E-state index in [-0.39, 0.29) is 29.5 Å². The Morgan fingerprint density at radius 1 is 1.27 bits per heavy atom. The van der Waals surface area contributed by atoms with E-state index >= 15 is 0 Å². The molecule has 6 nitrogen and oxygen atoms in total. The predicted molar refractivity (Wildman–Crippen MR) is 93.7 cm³/mol. The molecule has 0 spiro atoms. The van der Waals surface area contributed by atoms with Gasteiger partial charge in [-0.2, -0.15) is 0 Å². The van der Waals surface area contributed by atoms with Crippen LogP contribution in [0.2, 0.25) is 0 Å². The molecular weight excluding hydrogens is 337 g/mol. The van der Waals surface area contributed by atoms with Crippen LogP contribution in [-0.2, 0) is 6.54 Å². The fourth-order valence-corrected chi connectivity index (χ4v) is 2.88. The highest BCUT2D eigenvalue weighted by Gasteiger charge is 2.28. The zero-order valence-electron chi connectivity index (χ0n) is 13.8. The van der Waals surface area contributed by atoms with E-state index in [4.69, 9.17) is 0 Å². The zero-order chi connectivity index (χ0) is 18.3. The molecule has 132 valence electrons. The van der Waals surface area contributed by atoms with Crippen molar-refractivity contribution in [3.63, 3.8) is 0 Å². The number of aromatic hydroxyl groups is 1. The Morgan fingerprint density at radius 3 is 2.69 bits per heavy atom. The summed E-state index contributed by atoms with van der Waals surface area (Å²) in [5.41, 5.74) is 0.353. The monoisotopic (exact) mass is 353 g/mol. The number of carbonyl (C=O) groups is 1. The van der Waals surface area contributed by atoms with Crippen LogP contribution in [0.4, 0.5) is 4.39 Å². The van der Waals surface area contributed by atoms with Crippen molar-refractivity contribution >= 4 is 16.9 Å². The average Bonchev–Trinajstić information content (AvgIpc) is 3.44. The third-order valence-corrected chi connectivity index (χ3v) is 4.39. The van der Waals surface area contributed by atoms with Gasteiger partial charge in [-0.25, -0.2) is 4.39 Å². The molecule has 0 radical (unpaired) electrons. The lowest BCUT2D eigenvalue weighted by Crippen LogP contribution is -2.34. The topological polar surface area (TPSA) is 84.2 Å². The first-order valence-corrected chi connectivity index (χ1v) is 8.30. The van der Waals surface area contributed by atoms with Crippen molar-refractivity contribution in [3.05, 3.63) is 69.9 Å². The first kappa shape index (κ1) is 16.3. The Kier molecular flexibility index (Phi) is 3.91. The molecular formula is C19H16FN3O3. The molecule has 0 atom stereocenters. The van der Waals surface area contributed by atoms with Gasteiger partial charge in [-0.1, -0.05) is 12.1 Å². The van der Waals surface area contributed by atoms with E-state index in [0.717, 1.165) is 12.8 Å². The molecule has 1 fully saturated rings. The van der Waals surface area contributed by atoms with Gasteiger partial charge in [0.15, 0.2) is 5.75 Å². The zero-order valence-corrected chi connectivity index (χ0v) is 13.8. The number of hydrogen-bond acceptors (Lipinski definition) is 4. The highest BCUT2D eigenvalue weighted by molar-refractivity contribution is 6.01. The Balaban J connectivity index is 1.88. The summed E-state index contributed by atoms with van der Waals surface area (Å²) in [5, 5.41) is 13.2. The van der Waals surface area contributed by atoms with Gasteiger partial charge in [0.05, 0.1) is 12.1 Å². The number of aromatic nitrogens is 2. The molecule has 2 N–H and O–H groups in total. The summed E-state index contributed by atoms with van der Waals surface area (Å²) < 4.78 is 14.5. The average molecular weight is 353 g/mol. The highest BCUT2D eigenvalue weighted by Crippen LogP contribution is 2.26. The van der Waals surface area contributed by atoms with Crippen LogP contribution in [0.1, 0.15) is 28.8 Å². The van der Waals surface area contributed by atoms with Crippen LogP contribution in [0.3, 0.4) is 0 Å². The number of nitrogens with one attached hydrogen (secondary N) is 1. The fourth-order valence-electron chi connectivity index (χ4n) is 2.88. The molecule has 1 aliphatic carbocycles. The van der Waals surface area contributed by atoms with Crippen LogP contribution < -0.4 is 10.9 Å². The number of nitrogens with zero attached hydrogens (tertiary/aromatic N) is 2. The van der Waals surface area contributed by atoms with Gasteiger partial charge in [0.25, 0.3) is 11.5 Å². The summed E-state index contributed by atoms with van der Waals surface area (Å²) >= 11 is 0. The second-order valence-corrected chi connectivity index (χ2v) is 6.36. The Hall–Kier alpha value is -3.22. The second-order valence-electron chi connectivity index (χ2n) is 6.36. The van der Waals surface area contributed by atoms with Crippen molar-refractivity contribution in [2.45, 2.75) is 25.4 Å². The van der Waals surface area contributed by atoms with Crippen molar-refractivity contribution in [1.29, 1.82) is 0 Å². The van der Waals surface area contributed by atoms with Crippen LogP contribution in [0.15, 0.2) is 47.4 Å². The first-order valence-electron chi connectivity index (χ1n) is 8.30. The molecule has 2 aromatic heterocycles. The second kappa shape index (κ2) is 6.25. The molecule has 1 aromatic carbocycles. The normalized spacial score (nSPS) is 13.7. The van der Waals surface area contributed by atoms with Crippen LogP contribution in [0.5, 0.6) is 5.75 Å². The van der Waals surface area contributed by atoms with Gasteiger partial charge in [-0.3, -0.25) is 14.6 Å². The SMILES string of the molecule is O=C(NC1CC1)c1c(O)c2ncccc2n(Cc2ccc(F)cc2)c1=O. The van der Waals surface area contributed by atoms with E-state index < -0.39 is 17.2 Å². The van der Waals surface area contributed by atoms with Crippen molar-refractivity contribution in [1.82, 2.24) is 14.9 Å². The number of pyridine rings is 2. The quantitative estimate of drug-likeness (QED) is 0.753. The van der Waals surface area contributed by atoms with Crippen molar-refractivity contribution in [2.24, 2.45) is 0 Å². The largest absolute Gasteiger partial charge is 0.505 e. The molecule has 3 aromatic rings. The summed E-state index contributed by atoms with van der Waals surface area (Å²) in [6.07, 6.45) is 3.21. The lowest BCUT2D eigenvalue weighted by Gasteiger charge is -2.14. The lowest BCUT2D eigenvalue weighted by atomic mass is 10.1. The van der Waals surface area contributed by atoms with E-state index in [1.165, 1.54) is 22.9 Å². The van der Waals surface area contributed by atoms with Gasteiger partial charge in [-0.15, -0.1) is 0 Å². The van der Waals surface area contributed by atoms with E-state index in [2.05, 4.69) is 10.3 Å². The number of carbonyl (C=O) groups excluding carboxylic acids is 1. The van der Waals surface area contributed by atoms with Crippen molar-refractivity contribution < 1.29 is 14.3 Å². The predicted octanol–water partition coefficient (Wildman–Crippen LogP) is 2.18. The molecule has 1 aliphatic rings. The standard InChI is InChI=1S/C19H16FN3O3/c20-12-5-3-11(4-6-12)10-23-14-2-1-9-21-16(14)17(24)15(19(23)26)18(25)22-13-7-8-13/h1-6,9,13,24H,7-8,10H2,(H,22,25). The van der Waals surface area contributed by atoms with E-state index in [1.807, 2.05) is 0 Å². The van der Waals surface area contributed by atoms with Gasteiger partial charge in [0.2, 0.25) is 0 Å². The smallest absolute Gasteiger partial charge is 0.268 e. The summed E-state index contributed by atoms with van der Waals surface area (Å²) in [6.45, 7) is 0.130. The maximum absolute atomic E-state index is 13.1. The minimum atomic E-state index is -0.606. The van der Waals surface area contributed by atoms with Crippen molar-refractivity contribution in [2.75, 3.05) is 0 Å². The summed E-state index contributed by atoms with van der Waals surface area (Å²) in [5.74, 6) is -1.39. The molecule has 0 unspecified atom stereocenters. The molecule has 0 bridgehead atoms. The molecule has 0 saturated heterocycles. The van der Waals surface area contributed by atoms with Gasteiger partial charge in [0.1, 0.15) is 16.9 Å². The summed E-state index contributed by atoms with van der Waals surface area (Å²) in [6, 6.07) is 9.10. The first-order chi connectivity index (χ1) is 12.5. The van der Waals surface area contributed by atoms with E-state index in [9.17, 15) is 19.1 Å². The molecule has 1 amide bonds. The van der Waals surface area contributed by atoms with Crippen molar-refractivity contribution in [3.8, 4) is 5.75 Å². The van der Waals surface area contributed by atoms with E-state index in [0.29, 0.717) is 11.1 Å². The van der Waals surface area contributed by atoms with Gasteiger partial charge >= 0.3 is 0 Å². The number of rotatable bonds is 4.